The van der Waals surface area contributed by atoms with Gasteiger partial charge in [-0.2, -0.15) is 0 Å². The molecule has 9 heavy (non-hydrogen) atoms. The molecule has 3 N–H and O–H groups in total. The maximum absolute atomic E-state index is 10.5. The van der Waals surface area contributed by atoms with Crippen LogP contribution in [-0.2, 0) is 9.63 Å². The Kier molecular flexibility index (Phi) is 4.00. The Bertz CT molecular complexity index is 93.0. The van der Waals surface area contributed by atoms with Gasteiger partial charge in [-0.15, -0.1) is 0 Å². The first kappa shape index (κ1) is 8.39. The van der Waals surface area contributed by atoms with Crippen LogP contribution in [0.4, 0.5) is 0 Å². The predicted molar refractivity (Wildman–Crippen MR) is 33.4 cm³/mol. The fraction of sp³-hybridized carbons (Fsp3) is 0.800. The van der Waals surface area contributed by atoms with Crippen LogP contribution >= 0.6 is 0 Å². The van der Waals surface area contributed by atoms with E-state index in [1.165, 1.54) is 0 Å². The summed E-state index contributed by atoms with van der Waals surface area (Å²) in [5.41, 5.74) is 7.35. The van der Waals surface area contributed by atoms with Crippen LogP contribution in [0.1, 0.15) is 13.8 Å². The van der Waals surface area contributed by atoms with E-state index >= 15 is 0 Å². The highest BCUT2D eigenvalue weighted by atomic mass is 16.6. The van der Waals surface area contributed by atoms with Crippen molar-refractivity contribution in [3.05, 3.63) is 0 Å². The largest absolute Gasteiger partial charge is 0.320 e. The Morgan fingerprint density at radius 1 is 1.89 bits per heavy atom. The number of amides is 1. The first-order valence-electron chi connectivity index (χ1n) is 2.85. The molecule has 54 valence electrons. The topological polar surface area (TPSA) is 64.3 Å². The van der Waals surface area contributed by atoms with Crippen molar-refractivity contribution in [2.24, 2.45) is 5.73 Å². The van der Waals surface area contributed by atoms with E-state index in [1.54, 1.807) is 13.8 Å². The third kappa shape index (κ3) is 3.93. The lowest BCUT2D eigenvalue weighted by Crippen LogP contribution is -2.38. The molecule has 0 heterocycles. The average Bonchev–Trinajstić information content (AvgIpc) is 1.82. The number of carbonyl (C=O) groups excluding carboxylic acids is 1. The van der Waals surface area contributed by atoms with Crippen LogP contribution in [0.25, 0.3) is 0 Å². The van der Waals surface area contributed by atoms with Gasteiger partial charge in [0.25, 0.3) is 5.91 Å². The average molecular weight is 132 g/mol. The van der Waals surface area contributed by atoms with Crippen molar-refractivity contribution >= 4 is 5.91 Å². The maximum atomic E-state index is 10.5. The van der Waals surface area contributed by atoms with E-state index in [9.17, 15) is 4.79 Å². The SMILES string of the molecule is CCONC(=O)[C@@H](C)N. The monoisotopic (exact) mass is 132 g/mol. The Balaban J connectivity index is 3.28. The molecule has 0 bridgehead atoms. The number of carbonyl (C=O) groups is 1. The van der Waals surface area contributed by atoms with Crippen molar-refractivity contribution in [1.82, 2.24) is 5.48 Å². The van der Waals surface area contributed by atoms with Crippen LogP contribution in [0.15, 0.2) is 0 Å². The molecule has 0 unspecified atom stereocenters. The third-order valence-corrected chi connectivity index (χ3v) is 0.731. The lowest BCUT2D eigenvalue weighted by molar-refractivity contribution is -0.134. The van der Waals surface area contributed by atoms with Gasteiger partial charge in [-0.25, -0.2) is 5.48 Å². The normalized spacial score (nSPS) is 12.8. The highest BCUT2D eigenvalue weighted by Crippen LogP contribution is 1.73. The standard InChI is InChI=1S/C5H12N2O2/c1-3-9-7-5(8)4(2)6/h4H,3,6H2,1-2H3,(H,7,8)/t4-/m1/s1. The van der Waals surface area contributed by atoms with Crippen LogP contribution in [0, 0.1) is 0 Å². The molecule has 0 saturated carbocycles. The molecule has 0 saturated heterocycles. The van der Waals surface area contributed by atoms with Crippen LogP contribution in [0.5, 0.6) is 0 Å². The van der Waals surface area contributed by atoms with Crippen molar-refractivity contribution in [1.29, 1.82) is 0 Å². The molecule has 0 spiro atoms. The lowest BCUT2D eigenvalue weighted by atomic mass is 10.4. The van der Waals surface area contributed by atoms with E-state index in [-0.39, 0.29) is 5.91 Å². The summed E-state index contributed by atoms with van der Waals surface area (Å²) >= 11 is 0. The van der Waals surface area contributed by atoms with Gasteiger partial charge >= 0.3 is 0 Å². The second-order valence-corrected chi connectivity index (χ2v) is 1.69. The molecule has 0 aromatic rings. The Morgan fingerprint density at radius 3 is 2.78 bits per heavy atom. The van der Waals surface area contributed by atoms with Gasteiger partial charge in [0.05, 0.1) is 12.6 Å². The molecule has 0 aliphatic carbocycles. The molecular formula is C5H12N2O2. The van der Waals surface area contributed by atoms with Crippen molar-refractivity contribution < 1.29 is 9.63 Å². The zero-order chi connectivity index (χ0) is 7.28. The van der Waals surface area contributed by atoms with Gasteiger partial charge in [0.2, 0.25) is 0 Å². The van der Waals surface area contributed by atoms with Gasteiger partial charge in [0.1, 0.15) is 0 Å². The van der Waals surface area contributed by atoms with Crippen molar-refractivity contribution in [2.45, 2.75) is 19.9 Å². The minimum absolute atomic E-state index is 0.295. The summed E-state index contributed by atoms with van der Waals surface area (Å²) in [4.78, 5) is 15.1. The summed E-state index contributed by atoms with van der Waals surface area (Å²) in [6.07, 6.45) is 0. The van der Waals surface area contributed by atoms with E-state index < -0.39 is 6.04 Å². The Morgan fingerprint density at radius 2 is 2.44 bits per heavy atom. The highest BCUT2D eigenvalue weighted by molar-refractivity contribution is 5.79. The number of hydrogen-bond acceptors (Lipinski definition) is 3. The number of nitrogens with one attached hydrogen (secondary N) is 1. The molecule has 0 fully saturated rings. The van der Waals surface area contributed by atoms with Gasteiger partial charge in [-0.1, -0.05) is 0 Å². The smallest absolute Gasteiger partial charge is 0.260 e. The molecule has 0 aromatic heterocycles. The summed E-state index contributed by atoms with van der Waals surface area (Å²) in [5, 5.41) is 0. The molecule has 0 aliphatic rings. The molecule has 0 aliphatic heterocycles. The van der Waals surface area contributed by atoms with Gasteiger partial charge in [-0.05, 0) is 13.8 Å². The summed E-state index contributed by atoms with van der Waals surface area (Å²) < 4.78 is 0. The van der Waals surface area contributed by atoms with Crippen LogP contribution in [0.3, 0.4) is 0 Å². The minimum Gasteiger partial charge on any atom is -0.320 e. The van der Waals surface area contributed by atoms with Crippen molar-refractivity contribution in [3.8, 4) is 0 Å². The quantitative estimate of drug-likeness (QED) is 0.504. The van der Waals surface area contributed by atoms with E-state index in [1.807, 2.05) is 0 Å². The number of rotatable bonds is 3. The molecule has 0 aromatic carbocycles. The lowest BCUT2D eigenvalue weighted by Gasteiger charge is -2.04. The zero-order valence-electron chi connectivity index (χ0n) is 5.68. The van der Waals surface area contributed by atoms with Gasteiger partial charge in [0.15, 0.2) is 0 Å². The third-order valence-electron chi connectivity index (χ3n) is 0.731. The van der Waals surface area contributed by atoms with E-state index in [0.717, 1.165) is 0 Å². The summed E-state index contributed by atoms with van der Waals surface area (Å²) in [6.45, 7) is 3.83. The maximum Gasteiger partial charge on any atom is 0.260 e. The van der Waals surface area contributed by atoms with Gasteiger partial charge in [0, 0.05) is 0 Å². The van der Waals surface area contributed by atoms with Crippen LogP contribution in [-0.4, -0.2) is 18.6 Å². The minimum atomic E-state index is -0.503. The Labute approximate surface area is 54.3 Å². The highest BCUT2D eigenvalue weighted by Gasteiger charge is 2.04. The van der Waals surface area contributed by atoms with Crippen LogP contribution in [0.2, 0.25) is 0 Å². The Hall–Kier alpha value is -0.610. The summed E-state index contributed by atoms with van der Waals surface area (Å²) in [7, 11) is 0. The molecular weight excluding hydrogens is 120 g/mol. The van der Waals surface area contributed by atoms with Gasteiger partial charge < -0.3 is 5.73 Å². The van der Waals surface area contributed by atoms with E-state index in [2.05, 4.69) is 10.3 Å². The van der Waals surface area contributed by atoms with E-state index in [4.69, 9.17) is 5.73 Å². The molecule has 4 nitrogen and oxygen atoms in total. The summed E-state index contributed by atoms with van der Waals surface area (Å²) in [6, 6.07) is -0.503. The molecule has 0 radical (unpaired) electrons. The van der Waals surface area contributed by atoms with Crippen molar-refractivity contribution in [2.75, 3.05) is 6.61 Å². The van der Waals surface area contributed by atoms with Crippen molar-refractivity contribution in [3.63, 3.8) is 0 Å². The number of hydroxylamine groups is 1. The predicted octanol–water partition coefficient (Wildman–Crippen LogP) is -0.599. The number of hydrogen-bond donors (Lipinski definition) is 2. The van der Waals surface area contributed by atoms with Gasteiger partial charge in [-0.3, -0.25) is 9.63 Å². The zero-order valence-corrected chi connectivity index (χ0v) is 5.68. The molecule has 0 rings (SSSR count). The number of nitrogens with two attached hydrogens (primary N) is 1. The van der Waals surface area contributed by atoms with E-state index in [0.29, 0.717) is 6.61 Å². The fourth-order valence-corrected chi connectivity index (χ4v) is 0.236. The van der Waals surface area contributed by atoms with Crippen LogP contribution < -0.4 is 11.2 Å². The summed E-state index contributed by atoms with van der Waals surface area (Å²) in [5.74, 6) is -0.295. The second-order valence-electron chi connectivity index (χ2n) is 1.69. The fourth-order valence-electron chi connectivity index (χ4n) is 0.236. The molecule has 1 amide bonds. The second kappa shape index (κ2) is 4.29. The molecule has 4 heteroatoms. The molecule has 1 atom stereocenters. The first-order valence-corrected chi connectivity index (χ1v) is 2.85. The first-order chi connectivity index (χ1) is 4.18.